The zero-order chi connectivity index (χ0) is 7.56. The molecule has 0 spiro atoms. The molecule has 1 atom stereocenters. The van der Waals surface area contributed by atoms with Gasteiger partial charge < -0.3 is 16.0 Å². The number of hydrogen-bond acceptors (Lipinski definition) is 5. The van der Waals surface area contributed by atoms with Crippen molar-refractivity contribution in [3.05, 3.63) is 5.82 Å². The van der Waals surface area contributed by atoms with Crippen LogP contribution in [0.4, 0.5) is 6.01 Å². The highest BCUT2D eigenvalue weighted by Crippen LogP contribution is 1.99. The third kappa shape index (κ3) is 1.70. The Kier molecular flexibility index (Phi) is 1.86. The first-order chi connectivity index (χ1) is 4.68. The fraction of sp³-hybridized carbons (Fsp3) is 0.600. The summed E-state index contributed by atoms with van der Waals surface area (Å²) in [6, 6.07) is 0.132. The molecule has 1 unspecified atom stereocenters. The van der Waals surface area contributed by atoms with Gasteiger partial charge >= 0.3 is 6.01 Å². The lowest BCUT2D eigenvalue weighted by Crippen LogP contribution is -2.18. The average Bonchev–Trinajstić information content (AvgIpc) is 2.13. The molecule has 0 aliphatic rings. The summed E-state index contributed by atoms with van der Waals surface area (Å²) in [5, 5.41) is 3.56. The third-order valence-corrected chi connectivity index (χ3v) is 0.988. The molecule has 0 saturated carbocycles. The van der Waals surface area contributed by atoms with Gasteiger partial charge in [-0.15, -0.1) is 0 Å². The Morgan fingerprint density at radius 2 is 2.40 bits per heavy atom. The Hall–Kier alpha value is -1.10. The summed E-state index contributed by atoms with van der Waals surface area (Å²) in [6.45, 7) is 1.87. The average molecular weight is 142 g/mol. The van der Waals surface area contributed by atoms with Crippen LogP contribution >= 0.6 is 0 Å². The minimum Gasteiger partial charge on any atom is -0.351 e. The van der Waals surface area contributed by atoms with Gasteiger partial charge in [-0.2, -0.15) is 4.98 Å². The second-order valence-corrected chi connectivity index (χ2v) is 2.23. The fourth-order valence-electron chi connectivity index (χ4n) is 0.638. The van der Waals surface area contributed by atoms with Gasteiger partial charge in [0.05, 0.1) is 0 Å². The van der Waals surface area contributed by atoms with Crippen molar-refractivity contribution in [3.8, 4) is 0 Å². The van der Waals surface area contributed by atoms with Crippen LogP contribution in [-0.2, 0) is 6.42 Å². The molecule has 5 nitrogen and oxygen atoms in total. The van der Waals surface area contributed by atoms with E-state index in [-0.39, 0.29) is 12.1 Å². The Balaban J connectivity index is 2.58. The zero-order valence-electron chi connectivity index (χ0n) is 5.74. The minimum absolute atomic E-state index is 0.0389. The van der Waals surface area contributed by atoms with Crippen molar-refractivity contribution in [1.29, 1.82) is 0 Å². The van der Waals surface area contributed by atoms with E-state index in [1.807, 2.05) is 6.92 Å². The number of nitrogens with two attached hydrogens (primary N) is 2. The summed E-state index contributed by atoms with van der Waals surface area (Å²) in [7, 11) is 0. The standard InChI is InChI=1S/C5H10N4O/c1-3(6)2-4-8-5(7)10-9-4/h3H,2,6H2,1H3,(H2,7,8,9). The molecule has 1 aromatic heterocycles. The second kappa shape index (κ2) is 2.66. The van der Waals surface area contributed by atoms with Gasteiger partial charge in [-0.3, -0.25) is 0 Å². The Labute approximate surface area is 58.4 Å². The van der Waals surface area contributed by atoms with E-state index in [1.165, 1.54) is 0 Å². The second-order valence-electron chi connectivity index (χ2n) is 2.23. The van der Waals surface area contributed by atoms with Crippen molar-refractivity contribution >= 4 is 6.01 Å². The molecular weight excluding hydrogens is 132 g/mol. The number of nitrogens with zero attached hydrogens (tertiary/aromatic N) is 2. The van der Waals surface area contributed by atoms with Crippen molar-refractivity contribution in [2.45, 2.75) is 19.4 Å². The number of anilines is 1. The van der Waals surface area contributed by atoms with Gasteiger partial charge in [-0.1, -0.05) is 5.16 Å². The minimum atomic E-state index is 0.0389. The van der Waals surface area contributed by atoms with E-state index in [0.717, 1.165) is 0 Å². The van der Waals surface area contributed by atoms with Gasteiger partial charge in [-0.05, 0) is 6.92 Å². The van der Waals surface area contributed by atoms with Gasteiger partial charge in [0.25, 0.3) is 0 Å². The summed E-state index contributed by atoms with van der Waals surface area (Å²) in [5.41, 5.74) is 10.6. The summed E-state index contributed by atoms with van der Waals surface area (Å²) in [6.07, 6.45) is 0.598. The lowest BCUT2D eigenvalue weighted by Gasteiger charge is -1.96. The largest absolute Gasteiger partial charge is 0.351 e. The monoisotopic (exact) mass is 142 g/mol. The lowest BCUT2D eigenvalue weighted by molar-refractivity contribution is 0.424. The Morgan fingerprint density at radius 3 is 2.80 bits per heavy atom. The number of nitrogen functional groups attached to an aromatic ring is 1. The molecule has 0 aromatic carbocycles. The molecule has 1 aromatic rings. The van der Waals surface area contributed by atoms with Crippen molar-refractivity contribution in [1.82, 2.24) is 10.1 Å². The summed E-state index contributed by atoms with van der Waals surface area (Å²) >= 11 is 0. The Morgan fingerprint density at radius 1 is 1.70 bits per heavy atom. The van der Waals surface area contributed by atoms with Crippen LogP contribution in [0.3, 0.4) is 0 Å². The van der Waals surface area contributed by atoms with E-state index >= 15 is 0 Å². The van der Waals surface area contributed by atoms with Crippen molar-refractivity contribution in [2.75, 3.05) is 5.73 Å². The van der Waals surface area contributed by atoms with E-state index < -0.39 is 0 Å². The van der Waals surface area contributed by atoms with Gasteiger partial charge in [0, 0.05) is 12.5 Å². The molecule has 0 fully saturated rings. The summed E-state index contributed by atoms with van der Waals surface area (Å²) in [4.78, 5) is 3.77. The molecule has 56 valence electrons. The van der Waals surface area contributed by atoms with Gasteiger partial charge in [0.1, 0.15) is 0 Å². The summed E-state index contributed by atoms with van der Waals surface area (Å²) in [5.74, 6) is 0.563. The molecule has 0 radical (unpaired) electrons. The molecule has 1 rings (SSSR count). The van der Waals surface area contributed by atoms with Crippen LogP contribution in [0.2, 0.25) is 0 Å². The molecule has 4 N–H and O–H groups in total. The van der Waals surface area contributed by atoms with Crippen LogP contribution in [-0.4, -0.2) is 16.2 Å². The topological polar surface area (TPSA) is 91.0 Å². The van der Waals surface area contributed by atoms with E-state index in [1.54, 1.807) is 0 Å². The van der Waals surface area contributed by atoms with Gasteiger partial charge in [0.15, 0.2) is 5.82 Å². The maximum absolute atomic E-state index is 5.47. The Bertz CT molecular complexity index is 207. The number of hydrogen-bond donors (Lipinski definition) is 2. The highest BCUT2D eigenvalue weighted by atomic mass is 16.5. The third-order valence-electron chi connectivity index (χ3n) is 0.988. The van der Waals surface area contributed by atoms with Crippen LogP contribution < -0.4 is 11.5 Å². The zero-order valence-corrected chi connectivity index (χ0v) is 5.74. The quantitative estimate of drug-likeness (QED) is 0.583. The molecule has 5 heteroatoms. The van der Waals surface area contributed by atoms with Crippen molar-refractivity contribution in [3.63, 3.8) is 0 Å². The maximum atomic E-state index is 5.47. The predicted molar refractivity (Wildman–Crippen MR) is 36.1 cm³/mol. The van der Waals surface area contributed by atoms with Crippen LogP contribution in [0.1, 0.15) is 12.7 Å². The number of rotatable bonds is 2. The van der Waals surface area contributed by atoms with Crippen molar-refractivity contribution < 1.29 is 4.52 Å². The molecule has 0 saturated heterocycles. The molecule has 0 bridgehead atoms. The fourth-order valence-corrected chi connectivity index (χ4v) is 0.638. The molecular formula is C5H10N4O. The summed E-state index contributed by atoms with van der Waals surface area (Å²) < 4.78 is 4.53. The van der Waals surface area contributed by atoms with Crippen LogP contribution in [0, 0.1) is 0 Å². The first-order valence-corrected chi connectivity index (χ1v) is 3.02. The normalized spacial score (nSPS) is 13.4. The maximum Gasteiger partial charge on any atom is 0.318 e. The molecule has 10 heavy (non-hydrogen) atoms. The first kappa shape index (κ1) is 7.01. The molecule has 0 amide bonds. The van der Waals surface area contributed by atoms with Gasteiger partial charge in [-0.25, -0.2) is 0 Å². The first-order valence-electron chi connectivity index (χ1n) is 3.02. The highest BCUT2D eigenvalue weighted by Gasteiger charge is 2.04. The number of aromatic nitrogens is 2. The molecule has 1 heterocycles. The van der Waals surface area contributed by atoms with Crippen LogP contribution in [0.15, 0.2) is 4.52 Å². The predicted octanol–water partition coefficient (Wildman–Crippen LogP) is -0.458. The van der Waals surface area contributed by atoms with Crippen molar-refractivity contribution in [2.24, 2.45) is 5.73 Å². The van der Waals surface area contributed by atoms with E-state index in [4.69, 9.17) is 11.5 Å². The van der Waals surface area contributed by atoms with E-state index in [9.17, 15) is 0 Å². The van der Waals surface area contributed by atoms with E-state index in [2.05, 4.69) is 14.7 Å². The molecule has 0 aliphatic carbocycles. The molecule has 0 aliphatic heterocycles. The van der Waals surface area contributed by atoms with Crippen LogP contribution in [0.5, 0.6) is 0 Å². The smallest absolute Gasteiger partial charge is 0.318 e. The SMILES string of the molecule is CC(N)Cc1noc(N)n1. The van der Waals surface area contributed by atoms with Gasteiger partial charge in [0.2, 0.25) is 0 Å². The lowest BCUT2D eigenvalue weighted by atomic mass is 10.2. The highest BCUT2D eigenvalue weighted by molar-refractivity contribution is 5.07. The van der Waals surface area contributed by atoms with E-state index in [0.29, 0.717) is 12.2 Å². The van der Waals surface area contributed by atoms with Crippen LogP contribution in [0.25, 0.3) is 0 Å².